The number of carbonyl (C=O) groups is 1. The predicted molar refractivity (Wildman–Crippen MR) is 84.9 cm³/mol. The van der Waals surface area contributed by atoms with E-state index in [0.29, 0.717) is 36.5 Å². The number of hydrogen-bond donors (Lipinski definition) is 3. The van der Waals surface area contributed by atoms with Gasteiger partial charge in [0.25, 0.3) is 0 Å². The van der Waals surface area contributed by atoms with Gasteiger partial charge >= 0.3 is 6.61 Å². The molecule has 26 heavy (non-hydrogen) atoms. The first kappa shape index (κ1) is 16.2. The van der Waals surface area contributed by atoms with Gasteiger partial charge < -0.3 is 15.4 Å². The third-order valence-corrected chi connectivity index (χ3v) is 3.86. The molecule has 1 aliphatic rings. The van der Waals surface area contributed by atoms with Crippen LogP contribution in [0.1, 0.15) is 6.42 Å². The molecule has 1 aliphatic heterocycles. The first-order valence-electron chi connectivity index (χ1n) is 7.79. The van der Waals surface area contributed by atoms with E-state index < -0.39 is 6.61 Å². The summed E-state index contributed by atoms with van der Waals surface area (Å²) in [6.07, 6.45) is 3.53. The van der Waals surface area contributed by atoms with E-state index in [1.807, 2.05) is 0 Å². The number of nitrogens with zero attached hydrogens (tertiary/aromatic N) is 5. The van der Waals surface area contributed by atoms with E-state index in [1.54, 1.807) is 10.9 Å². The lowest BCUT2D eigenvalue weighted by Crippen LogP contribution is -2.16. The fourth-order valence-electron chi connectivity index (χ4n) is 2.74. The van der Waals surface area contributed by atoms with Gasteiger partial charge in [-0.15, -0.1) is 0 Å². The van der Waals surface area contributed by atoms with Crippen LogP contribution in [0, 0.1) is 5.92 Å². The number of amides is 1. The normalized spacial score (nSPS) is 17.0. The van der Waals surface area contributed by atoms with Crippen molar-refractivity contribution in [1.82, 2.24) is 35.3 Å². The second-order valence-electron chi connectivity index (χ2n) is 5.79. The van der Waals surface area contributed by atoms with E-state index in [-0.39, 0.29) is 23.5 Å². The van der Waals surface area contributed by atoms with E-state index in [4.69, 9.17) is 0 Å². The second-order valence-corrected chi connectivity index (χ2v) is 5.79. The molecule has 0 saturated carbocycles. The lowest BCUT2D eigenvalue weighted by molar-refractivity contribution is -0.119. The molecular weight excluding hydrogens is 350 g/mol. The number of carbonyl (C=O) groups excluding carboxylic acids is 1. The maximum Gasteiger partial charge on any atom is 0.388 e. The van der Waals surface area contributed by atoms with Crippen molar-refractivity contribution in [3.05, 3.63) is 18.5 Å². The third-order valence-electron chi connectivity index (χ3n) is 3.86. The molecule has 4 heterocycles. The summed E-state index contributed by atoms with van der Waals surface area (Å²) in [5.74, 6) is 0.630. The van der Waals surface area contributed by atoms with Gasteiger partial charge in [-0.25, -0.2) is 19.7 Å². The zero-order chi connectivity index (χ0) is 18.1. The van der Waals surface area contributed by atoms with Crippen LogP contribution in [0.15, 0.2) is 18.5 Å². The number of halogens is 2. The zero-order valence-corrected chi connectivity index (χ0v) is 13.3. The molecule has 0 aliphatic carbocycles. The number of anilines is 2. The number of aromatic amines is 1. The van der Waals surface area contributed by atoms with E-state index in [2.05, 4.69) is 40.6 Å². The lowest BCUT2D eigenvalue weighted by Gasteiger charge is -2.08. The van der Waals surface area contributed by atoms with Crippen LogP contribution in [0.5, 0.6) is 5.88 Å². The summed E-state index contributed by atoms with van der Waals surface area (Å²) in [6.45, 7) is -1.80. The second kappa shape index (κ2) is 6.54. The summed E-state index contributed by atoms with van der Waals surface area (Å²) in [6, 6.07) is 1.28. The number of hydrogen-bond acceptors (Lipinski definition) is 7. The molecule has 1 amide bonds. The molecule has 136 valence electrons. The van der Waals surface area contributed by atoms with E-state index in [0.717, 1.165) is 0 Å². The Bertz CT molecular complexity index is 940. The largest absolute Gasteiger partial charge is 0.417 e. The topological polar surface area (TPSA) is 123 Å². The Morgan fingerprint density at radius 3 is 3.04 bits per heavy atom. The van der Waals surface area contributed by atoms with Gasteiger partial charge in [0.05, 0.1) is 12.4 Å². The summed E-state index contributed by atoms with van der Waals surface area (Å²) in [5, 5.41) is 16.1. The van der Waals surface area contributed by atoms with E-state index in [9.17, 15) is 13.6 Å². The van der Waals surface area contributed by atoms with Crippen LogP contribution in [-0.4, -0.2) is 49.0 Å². The number of alkyl halides is 2. The molecule has 0 unspecified atom stereocenters. The van der Waals surface area contributed by atoms with Crippen LogP contribution in [0.2, 0.25) is 0 Å². The Balaban J connectivity index is 1.52. The van der Waals surface area contributed by atoms with Crippen molar-refractivity contribution in [1.29, 1.82) is 0 Å². The molecule has 4 rings (SSSR count). The van der Waals surface area contributed by atoms with Gasteiger partial charge in [0, 0.05) is 31.5 Å². The van der Waals surface area contributed by atoms with Crippen LogP contribution in [0.25, 0.3) is 11.2 Å². The number of rotatable bonds is 6. The molecule has 3 aromatic rings. The highest BCUT2D eigenvalue weighted by Gasteiger charge is 2.23. The van der Waals surface area contributed by atoms with Crippen molar-refractivity contribution in [2.75, 3.05) is 11.9 Å². The molecule has 0 aromatic carbocycles. The van der Waals surface area contributed by atoms with Crippen LogP contribution >= 0.6 is 0 Å². The lowest BCUT2D eigenvalue weighted by atomic mass is 10.1. The monoisotopic (exact) mass is 364 g/mol. The van der Waals surface area contributed by atoms with Crippen molar-refractivity contribution < 1.29 is 18.3 Å². The highest BCUT2D eigenvalue weighted by atomic mass is 19.3. The van der Waals surface area contributed by atoms with Gasteiger partial charge in [-0.2, -0.15) is 19.0 Å². The minimum Gasteiger partial charge on any atom is -0.417 e. The van der Waals surface area contributed by atoms with Crippen LogP contribution in [0.3, 0.4) is 0 Å². The average molecular weight is 364 g/mol. The van der Waals surface area contributed by atoms with Gasteiger partial charge in [-0.3, -0.25) is 4.79 Å². The summed E-state index contributed by atoms with van der Waals surface area (Å²) in [7, 11) is 0. The highest BCUT2D eigenvalue weighted by molar-refractivity contribution is 5.78. The zero-order valence-electron chi connectivity index (χ0n) is 13.3. The summed E-state index contributed by atoms with van der Waals surface area (Å²) < 4.78 is 30.3. The van der Waals surface area contributed by atoms with Crippen molar-refractivity contribution in [3.8, 4) is 5.88 Å². The Labute approximate surface area is 145 Å². The molecule has 3 aromatic heterocycles. The smallest absolute Gasteiger partial charge is 0.388 e. The summed E-state index contributed by atoms with van der Waals surface area (Å²) in [4.78, 5) is 20.0. The number of aromatic nitrogens is 6. The van der Waals surface area contributed by atoms with Crippen molar-refractivity contribution in [3.63, 3.8) is 0 Å². The fourth-order valence-corrected chi connectivity index (χ4v) is 2.74. The highest BCUT2D eigenvalue weighted by Crippen LogP contribution is 2.20. The van der Waals surface area contributed by atoms with Crippen molar-refractivity contribution in [2.24, 2.45) is 5.92 Å². The van der Waals surface area contributed by atoms with Gasteiger partial charge in [0.2, 0.25) is 11.8 Å². The molecule has 0 radical (unpaired) electrons. The molecule has 1 saturated heterocycles. The molecule has 10 nitrogen and oxygen atoms in total. The maximum atomic E-state index is 12.2. The number of fused-ring (bicyclic) bond motifs is 1. The SMILES string of the molecule is O=C1C[C@@H](Cn2ncc3ncc(Nc4cc(OC(F)F)[nH]n4)nc32)CN1. The maximum absolute atomic E-state index is 12.2. The summed E-state index contributed by atoms with van der Waals surface area (Å²) in [5.41, 5.74) is 1.16. The van der Waals surface area contributed by atoms with Gasteiger partial charge in [-0.05, 0) is 0 Å². The Morgan fingerprint density at radius 2 is 2.27 bits per heavy atom. The number of nitrogens with one attached hydrogen (secondary N) is 3. The van der Waals surface area contributed by atoms with Crippen LogP contribution in [0.4, 0.5) is 20.4 Å². The average Bonchev–Trinajstić information content (AvgIpc) is 3.30. The molecule has 1 atom stereocenters. The Morgan fingerprint density at radius 1 is 1.38 bits per heavy atom. The van der Waals surface area contributed by atoms with Gasteiger partial charge in [0.1, 0.15) is 5.52 Å². The summed E-state index contributed by atoms with van der Waals surface area (Å²) >= 11 is 0. The standard InChI is InChI=1S/C14H14F2N8O2/c15-14(16)26-12-2-9(22-23-12)20-10-5-17-8-4-19-24(13(8)21-10)6-7-1-11(25)18-3-7/h2,4-5,7,14H,1,3,6H2,(H,18,25)(H2,20,21,22,23)/t7-/m1/s1. The molecule has 0 spiro atoms. The van der Waals surface area contributed by atoms with E-state index in [1.165, 1.54) is 12.3 Å². The molecular formula is C14H14F2N8O2. The quantitative estimate of drug-likeness (QED) is 0.597. The Hall–Kier alpha value is -3.31. The number of ether oxygens (including phenoxy) is 1. The third kappa shape index (κ3) is 3.38. The van der Waals surface area contributed by atoms with Crippen LogP contribution in [-0.2, 0) is 11.3 Å². The molecule has 3 N–H and O–H groups in total. The fraction of sp³-hybridized carbons (Fsp3) is 0.357. The minimum absolute atomic E-state index is 0.0280. The van der Waals surface area contributed by atoms with Gasteiger partial charge in [-0.1, -0.05) is 0 Å². The first-order valence-corrected chi connectivity index (χ1v) is 7.79. The van der Waals surface area contributed by atoms with Crippen molar-refractivity contribution >= 4 is 28.7 Å². The van der Waals surface area contributed by atoms with E-state index >= 15 is 0 Å². The minimum atomic E-state index is -2.94. The van der Waals surface area contributed by atoms with Crippen molar-refractivity contribution in [2.45, 2.75) is 19.6 Å². The molecule has 0 bridgehead atoms. The first-order chi connectivity index (χ1) is 12.6. The molecule has 12 heteroatoms. The van der Waals surface area contributed by atoms with Gasteiger partial charge in [0.15, 0.2) is 17.3 Å². The molecule has 1 fully saturated rings. The van der Waals surface area contributed by atoms with Crippen LogP contribution < -0.4 is 15.4 Å². The Kier molecular flexibility index (Phi) is 4.07. The number of H-pyrrole nitrogens is 1. The predicted octanol–water partition coefficient (Wildman–Crippen LogP) is 1.03.